The number of nitrogens with zero attached hydrogens (tertiary/aromatic N) is 2. The highest BCUT2D eigenvalue weighted by Crippen LogP contribution is 1.98. The molecule has 4 nitrogen and oxygen atoms in total. The number of nitrogens with one attached hydrogen (secondary N) is 1. The Labute approximate surface area is 78.7 Å². The van der Waals surface area contributed by atoms with E-state index in [-0.39, 0.29) is 0 Å². The monoisotopic (exact) mass is 183 g/mol. The molecule has 1 N–H and O–H groups in total. The molecule has 0 aliphatic rings. The highest BCUT2D eigenvalue weighted by Gasteiger charge is 2.05. The zero-order valence-corrected chi connectivity index (χ0v) is 8.50. The van der Waals surface area contributed by atoms with Gasteiger partial charge < -0.3 is 9.84 Å². The van der Waals surface area contributed by atoms with Crippen LogP contribution in [0.1, 0.15) is 38.9 Å². The van der Waals surface area contributed by atoms with Crippen molar-refractivity contribution in [2.24, 2.45) is 0 Å². The molecule has 13 heavy (non-hydrogen) atoms. The normalized spacial score (nSPS) is 13.2. The van der Waals surface area contributed by atoms with E-state index in [1.54, 1.807) is 0 Å². The van der Waals surface area contributed by atoms with E-state index in [0.717, 1.165) is 18.7 Å². The summed E-state index contributed by atoms with van der Waals surface area (Å²) in [6.45, 7) is 6.96. The van der Waals surface area contributed by atoms with Crippen LogP contribution in [0.4, 0.5) is 0 Å². The first kappa shape index (κ1) is 10.2. The Morgan fingerprint density at radius 1 is 1.46 bits per heavy atom. The molecule has 0 spiro atoms. The number of hydrogen-bond acceptors (Lipinski definition) is 4. The standard InChI is InChI=1S/C9H17N3O/c1-4-7(3)10-6-9-11-8(5-2)12-13-9/h7,10H,4-6H2,1-3H3. The molecule has 1 rings (SSSR count). The van der Waals surface area contributed by atoms with Crippen molar-refractivity contribution in [3.63, 3.8) is 0 Å². The Balaban J connectivity index is 2.36. The maximum atomic E-state index is 5.03. The summed E-state index contributed by atoms with van der Waals surface area (Å²) in [5, 5.41) is 7.10. The lowest BCUT2D eigenvalue weighted by atomic mass is 10.3. The second kappa shape index (κ2) is 4.97. The van der Waals surface area contributed by atoms with E-state index < -0.39 is 0 Å². The number of aryl methyl sites for hydroxylation is 1. The van der Waals surface area contributed by atoms with Crippen LogP contribution in [-0.4, -0.2) is 16.2 Å². The van der Waals surface area contributed by atoms with Gasteiger partial charge in [-0.05, 0) is 13.3 Å². The Kier molecular flexibility index (Phi) is 3.89. The SMILES string of the molecule is CCc1noc(CNC(C)CC)n1. The molecular formula is C9H17N3O. The predicted molar refractivity (Wildman–Crippen MR) is 50.3 cm³/mol. The summed E-state index contributed by atoms with van der Waals surface area (Å²) in [7, 11) is 0. The summed E-state index contributed by atoms with van der Waals surface area (Å²) < 4.78 is 5.03. The largest absolute Gasteiger partial charge is 0.338 e. The van der Waals surface area contributed by atoms with Gasteiger partial charge in [0.25, 0.3) is 0 Å². The van der Waals surface area contributed by atoms with Crippen LogP contribution in [0.3, 0.4) is 0 Å². The lowest BCUT2D eigenvalue weighted by Crippen LogP contribution is -2.24. The van der Waals surface area contributed by atoms with Crippen molar-refractivity contribution in [3.05, 3.63) is 11.7 Å². The summed E-state index contributed by atoms with van der Waals surface area (Å²) in [6.07, 6.45) is 1.93. The first-order chi connectivity index (χ1) is 6.26. The van der Waals surface area contributed by atoms with E-state index in [2.05, 4.69) is 29.3 Å². The summed E-state index contributed by atoms with van der Waals surface area (Å²) >= 11 is 0. The van der Waals surface area contributed by atoms with Gasteiger partial charge in [0.15, 0.2) is 5.82 Å². The van der Waals surface area contributed by atoms with Gasteiger partial charge >= 0.3 is 0 Å². The third kappa shape index (κ3) is 3.14. The van der Waals surface area contributed by atoms with Crippen molar-refractivity contribution in [2.75, 3.05) is 0 Å². The van der Waals surface area contributed by atoms with Crippen LogP contribution in [0.2, 0.25) is 0 Å². The van der Waals surface area contributed by atoms with Crippen molar-refractivity contribution in [1.82, 2.24) is 15.5 Å². The van der Waals surface area contributed by atoms with Crippen molar-refractivity contribution in [1.29, 1.82) is 0 Å². The van der Waals surface area contributed by atoms with Crippen LogP contribution in [0, 0.1) is 0 Å². The molecule has 0 saturated heterocycles. The van der Waals surface area contributed by atoms with Crippen LogP contribution < -0.4 is 5.32 Å². The smallest absolute Gasteiger partial charge is 0.240 e. The summed E-state index contributed by atoms with van der Waals surface area (Å²) in [5.41, 5.74) is 0. The molecule has 1 heterocycles. The van der Waals surface area contributed by atoms with Gasteiger partial charge in [0, 0.05) is 12.5 Å². The highest BCUT2D eigenvalue weighted by atomic mass is 16.5. The molecule has 1 atom stereocenters. The van der Waals surface area contributed by atoms with Crippen LogP contribution >= 0.6 is 0 Å². The molecule has 0 bridgehead atoms. The third-order valence-corrected chi connectivity index (χ3v) is 2.04. The molecule has 4 heteroatoms. The average molecular weight is 183 g/mol. The number of rotatable bonds is 5. The lowest BCUT2D eigenvalue weighted by molar-refractivity contribution is 0.354. The first-order valence-electron chi connectivity index (χ1n) is 4.81. The van der Waals surface area contributed by atoms with Crippen LogP contribution in [0.5, 0.6) is 0 Å². The van der Waals surface area contributed by atoms with Gasteiger partial charge in [-0.15, -0.1) is 0 Å². The van der Waals surface area contributed by atoms with E-state index in [0.29, 0.717) is 18.5 Å². The minimum atomic E-state index is 0.497. The summed E-state index contributed by atoms with van der Waals surface area (Å²) in [5.74, 6) is 1.46. The van der Waals surface area contributed by atoms with Crippen molar-refractivity contribution < 1.29 is 4.52 Å². The van der Waals surface area contributed by atoms with E-state index in [9.17, 15) is 0 Å². The maximum absolute atomic E-state index is 5.03. The fourth-order valence-corrected chi connectivity index (χ4v) is 0.911. The maximum Gasteiger partial charge on any atom is 0.240 e. The predicted octanol–water partition coefficient (Wildman–Crippen LogP) is 1.52. The fourth-order valence-electron chi connectivity index (χ4n) is 0.911. The van der Waals surface area contributed by atoms with Crippen LogP contribution in [0.15, 0.2) is 4.52 Å². The lowest BCUT2D eigenvalue weighted by Gasteiger charge is -2.07. The van der Waals surface area contributed by atoms with E-state index in [1.165, 1.54) is 0 Å². The minimum Gasteiger partial charge on any atom is -0.338 e. The molecule has 1 unspecified atom stereocenters. The van der Waals surface area contributed by atoms with Crippen molar-refractivity contribution >= 4 is 0 Å². The Bertz CT molecular complexity index is 247. The van der Waals surface area contributed by atoms with Crippen molar-refractivity contribution in [2.45, 2.75) is 46.2 Å². The van der Waals surface area contributed by atoms with Gasteiger partial charge in [-0.25, -0.2) is 0 Å². The number of hydrogen-bond donors (Lipinski definition) is 1. The van der Waals surface area contributed by atoms with Gasteiger partial charge in [0.2, 0.25) is 5.89 Å². The topological polar surface area (TPSA) is 51.0 Å². The second-order valence-electron chi connectivity index (χ2n) is 3.15. The summed E-state index contributed by atoms with van der Waals surface area (Å²) in [6, 6.07) is 0.497. The van der Waals surface area contributed by atoms with E-state index in [4.69, 9.17) is 4.52 Å². The summed E-state index contributed by atoms with van der Waals surface area (Å²) in [4.78, 5) is 4.19. The van der Waals surface area contributed by atoms with Gasteiger partial charge in [-0.2, -0.15) is 4.98 Å². The zero-order valence-electron chi connectivity index (χ0n) is 8.50. The fraction of sp³-hybridized carbons (Fsp3) is 0.778. The highest BCUT2D eigenvalue weighted by molar-refractivity contribution is 4.85. The number of aromatic nitrogens is 2. The van der Waals surface area contributed by atoms with Crippen LogP contribution in [0.25, 0.3) is 0 Å². The molecule has 0 radical (unpaired) electrons. The average Bonchev–Trinajstić information content (AvgIpc) is 2.61. The molecule has 74 valence electrons. The molecule has 0 aliphatic heterocycles. The van der Waals surface area contributed by atoms with E-state index in [1.807, 2.05) is 6.92 Å². The molecule has 0 fully saturated rings. The Hall–Kier alpha value is -0.900. The molecule has 1 aromatic heterocycles. The van der Waals surface area contributed by atoms with Gasteiger partial charge in [0.1, 0.15) is 0 Å². The first-order valence-corrected chi connectivity index (χ1v) is 4.81. The quantitative estimate of drug-likeness (QED) is 0.752. The van der Waals surface area contributed by atoms with Gasteiger partial charge in [-0.1, -0.05) is 19.0 Å². The molecule has 0 aromatic carbocycles. The molecule has 1 aromatic rings. The second-order valence-corrected chi connectivity index (χ2v) is 3.15. The minimum absolute atomic E-state index is 0.497. The van der Waals surface area contributed by atoms with Gasteiger partial charge in [-0.3, -0.25) is 0 Å². The zero-order chi connectivity index (χ0) is 9.68. The molecule has 0 aliphatic carbocycles. The van der Waals surface area contributed by atoms with Crippen LogP contribution in [-0.2, 0) is 13.0 Å². The third-order valence-electron chi connectivity index (χ3n) is 2.04. The Morgan fingerprint density at radius 2 is 2.23 bits per heavy atom. The molecular weight excluding hydrogens is 166 g/mol. The molecule has 0 amide bonds. The van der Waals surface area contributed by atoms with Gasteiger partial charge in [0.05, 0.1) is 6.54 Å². The molecule has 0 saturated carbocycles. The van der Waals surface area contributed by atoms with E-state index >= 15 is 0 Å². The van der Waals surface area contributed by atoms with Crippen molar-refractivity contribution in [3.8, 4) is 0 Å². The Morgan fingerprint density at radius 3 is 2.77 bits per heavy atom.